The van der Waals surface area contributed by atoms with Gasteiger partial charge >= 0.3 is 12.1 Å². The third-order valence-electron chi connectivity index (χ3n) is 3.06. The average Bonchev–Trinajstić information content (AvgIpc) is 2.35. The predicted octanol–water partition coefficient (Wildman–Crippen LogP) is 2.86. The maximum Gasteiger partial charge on any atom is 0.471 e. The van der Waals surface area contributed by atoms with E-state index in [1.54, 1.807) is 12.1 Å². The lowest BCUT2D eigenvalue weighted by atomic mass is 9.92. The molecule has 0 N–H and O–H groups in total. The van der Waals surface area contributed by atoms with Crippen LogP contribution < -0.4 is 0 Å². The molecule has 5 heteroatoms. The molecule has 2 rings (SSSR count). The molecule has 0 saturated heterocycles. The molecule has 1 heterocycles. The summed E-state index contributed by atoms with van der Waals surface area (Å²) in [6, 6.07) is 6.47. The van der Waals surface area contributed by atoms with E-state index in [-0.39, 0.29) is 6.54 Å². The van der Waals surface area contributed by atoms with Gasteiger partial charge in [0.2, 0.25) is 0 Å². The van der Waals surface area contributed by atoms with Gasteiger partial charge in [0, 0.05) is 6.54 Å². The van der Waals surface area contributed by atoms with Gasteiger partial charge in [-0.25, -0.2) is 0 Å². The van der Waals surface area contributed by atoms with E-state index in [0.717, 1.165) is 16.0 Å². The molecule has 0 saturated carbocycles. The fraction of sp³-hybridized carbons (Fsp3) is 0.308. The van der Waals surface area contributed by atoms with Gasteiger partial charge in [-0.2, -0.15) is 13.2 Å². The SMILES string of the molecule is C=C[C@H]1c2ccccc2CCN1C(=O)C(F)(F)F. The fourth-order valence-corrected chi connectivity index (χ4v) is 2.24. The summed E-state index contributed by atoms with van der Waals surface area (Å²) in [7, 11) is 0. The maximum absolute atomic E-state index is 12.5. The van der Waals surface area contributed by atoms with Gasteiger partial charge in [0.25, 0.3) is 0 Å². The van der Waals surface area contributed by atoms with Crippen molar-refractivity contribution in [1.82, 2.24) is 4.90 Å². The van der Waals surface area contributed by atoms with E-state index in [1.165, 1.54) is 6.08 Å². The highest BCUT2D eigenvalue weighted by Crippen LogP contribution is 2.33. The molecule has 1 aromatic rings. The van der Waals surface area contributed by atoms with Crippen LogP contribution in [0.4, 0.5) is 13.2 Å². The van der Waals surface area contributed by atoms with Gasteiger partial charge < -0.3 is 4.90 Å². The van der Waals surface area contributed by atoms with Crippen molar-refractivity contribution in [3.63, 3.8) is 0 Å². The summed E-state index contributed by atoms with van der Waals surface area (Å²) in [5.41, 5.74) is 1.69. The minimum absolute atomic E-state index is 0.0616. The molecule has 1 amide bonds. The third-order valence-corrected chi connectivity index (χ3v) is 3.06. The molecule has 0 bridgehead atoms. The van der Waals surface area contributed by atoms with Crippen molar-refractivity contribution in [2.24, 2.45) is 0 Å². The van der Waals surface area contributed by atoms with E-state index in [0.29, 0.717) is 6.42 Å². The summed E-state index contributed by atoms with van der Waals surface area (Å²) in [6.45, 7) is 3.60. The number of carbonyl (C=O) groups is 1. The Bertz CT molecular complexity index is 481. The van der Waals surface area contributed by atoms with Crippen LogP contribution in [0, 0.1) is 0 Å². The molecule has 1 aromatic carbocycles. The van der Waals surface area contributed by atoms with Gasteiger partial charge in [-0.3, -0.25) is 4.79 Å². The second-order valence-corrected chi connectivity index (χ2v) is 4.13. The van der Waals surface area contributed by atoms with Gasteiger partial charge in [-0.1, -0.05) is 30.3 Å². The predicted molar refractivity (Wildman–Crippen MR) is 60.9 cm³/mol. The first-order chi connectivity index (χ1) is 8.45. The lowest BCUT2D eigenvalue weighted by Gasteiger charge is -2.35. The number of fused-ring (bicyclic) bond motifs is 1. The molecule has 1 aliphatic rings. The Balaban J connectivity index is 2.37. The van der Waals surface area contributed by atoms with Crippen LogP contribution in [-0.4, -0.2) is 23.5 Å². The molecule has 96 valence electrons. The van der Waals surface area contributed by atoms with E-state index < -0.39 is 18.1 Å². The molecule has 0 radical (unpaired) electrons. The number of carbonyl (C=O) groups excluding carboxylic acids is 1. The normalized spacial score (nSPS) is 19.3. The van der Waals surface area contributed by atoms with Crippen molar-refractivity contribution in [3.8, 4) is 0 Å². The first-order valence-electron chi connectivity index (χ1n) is 5.53. The van der Waals surface area contributed by atoms with Crippen molar-refractivity contribution in [2.45, 2.75) is 18.6 Å². The van der Waals surface area contributed by atoms with Crippen molar-refractivity contribution in [3.05, 3.63) is 48.0 Å². The van der Waals surface area contributed by atoms with Crippen LogP contribution in [0.5, 0.6) is 0 Å². The van der Waals surface area contributed by atoms with Crippen molar-refractivity contribution < 1.29 is 18.0 Å². The number of amides is 1. The van der Waals surface area contributed by atoms with Crippen molar-refractivity contribution in [1.29, 1.82) is 0 Å². The fourth-order valence-electron chi connectivity index (χ4n) is 2.24. The standard InChI is InChI=1S/C13H12F3NO/c1-2-11-10-6-4-3-5-9(10)7-8-17(11)12(18)13(14,15)16/h2-6,11H,1,7-8H2/t11-/m0/s1. The third kappa shape index (κ3) is 2.12. The molecule has 0 spiro atoms. The Kier molecular flexibility index (Phi) is 3.15. The van der Waals surface area contributed by atoms with Gasteiger partial charge in [-0.05, 0) is 17.5 Å². The number of rotatable bonds is 1. The monoisotopic (exact) mass is 255 g/mol. The van der Waals surface area contributed by atoms with Gasteiger partial charge in [0.05, 0.1) is 6.04 Å². The number of alkyl halides is 3. The summed E-state index contributed by atoms with van der Waals surface area (Å²) in [4.78, 5) is 12.2. The number of nitrogens with zero attached hydrogens (tertiary/aromatic N) is 1. The Labute approximate surface area is 103 Å². The Morgan fingerprint density at radius 3 is 2.67 bits per heavy atom. The zero-order valence-corrected chi connectivity index (χ0v) is 9.57. The second kappa shape index (κ2) is 4.48. The number of benzene rings is 1. The van der Waals surface area contributed by atoms with Crippen LogP contribution in [0.3, 0.4) is 0 Å². The van der Waals surface area contributed by atoms with Gasteiger partial charge in [0.15, 0.2) is 0 Å². The summed E-state index contributed by atoms with van der Waals surface area (Å²) in [5.74, 6) is -1.80. The quantitative estimate of drug-likeness (QED) is 0.707. The molecule has 1 atom stereocenters. The van der Waals surface area contributed by atoms with Crippen LogP contribution in [-0.2, 0) is 11.2 Å². The molecular formula is C13H12F3NO. The summed E-state index contributed by atoms with van der Waals surface area (Å²) >= 11 is 0. The second-order valence-electron chi connectivity index (χ2n) is 4.13. The van der Waals surface area contributed by atoms with Crippen LogP contribution in [0.2, 0.25) is 0 Å². The van der Waals surface area contributed by atoms with Crippen LogP contribution in [0.25, 0.3) is 0 Å². The van der Waals surface area contributed by atoms with E-state index in [4.69, 9.17) is 0 Å². The van der Waals surface area contributed by atoms with Crippen molar-refractivity contribution >= 4 is 5.91 Å². The molecule has 0 fully saturated rings. The van der Waals surface area contributed by atoms with Gasteiger partial charge in [-0.15, -0.1) is 6.58 Å². The molecular weight excluding hydrogens is 243 g/mol. The molecule has 1 aliphatic heterocycles. The van der Waals surface area contributed by atoms with Crippen molar-refractivity contribution in [2.75, 3.05) is 6.54 Å². The molecule has 0 unspecified atom stereocenters. The smallest absolute Gasteiger partial charge is 0.324 e. The summed E-state index contributed by atoms with van der Waals surface area (Å²) < 4.78 is 37.5. The highest BCUT2D eigenvalue weighted by molar-refractivity contribution is 5.83. The van der Waals surface area contributed by atoms with E-state index in [9.17, 15) is 18.0 Å². The highest BCUT2D eigenvalue weighted by atomic mass is 19.4. The topological polar surface area (TPSA) is 20.3 Å². The van der Waals surface area contributed by atoms with E-state index >= 15 is 0 Å². The van der Waals surface area contributed by atoms with E-state index in [1.807, 2.05) is 12.1 Å². The Morgan fingerprint density at radius 2 is 2.06 bits per heavy atom. The van der Waals surface area contributed by atoms with Crippen LogP contribution in [0.15, 0.2) is 36.9 Å². The molecule has 18 heavy (non-hydrogen) atoms. The summed E-state index contributed by atoms with van der Waals surface area (Å²) in [5, 5.41) is 0. The minimum Gasteiger partial charge on any atom is -0.324 e. The number of halogens is 3. The van der Waals surface area contributed by atoms with E-state index in [2.05, 4.69) is 6.58 Å². The lowest BCUT2D eigenvalue weighted by molar-refractivity contribution is -0.187. The lowest BCUT2D eigenvalue weighted by Crippen LogP contribution is -2.45. The number of hydrogen-bond acceptors (Lipinski definition) is 1. The first kappa shape index (κ1) is 12.7. The molecule has 2 nitrogen and oxygen atoms in total. The zero-order valence-electron chi connectivity index (χ0n) is 9.57. The van der Waals surface area contributed by atoms with Crippen LogP contribution in [0.1, 0.15) is 17.2 Å². The molecule has 0 aromatic heterocycles. The minimum atomic E-state index is -4.84. The highest BCUT2D eigenvalue weighted by Gasteiger charge is 2.45. The maximum atomic E-state index is 12.5. The van der Waals surface area contributed by atoms with Crippen LogP contribution >= 0.6 is 0 Å². The largest absolute Gasteiger partial charge is 0.471 e. The zero-order chi connectivity index (χ0) is 13.3. The average molecular weight is 255 g/mol. The summed E-state index contributed by atoms with van der Waals surface area (Å²) in [6.07, 6.45) is -3.03. The van der Waals surface area contributed by atoms with Gasteiger partial charge in [0.1, 0.15) is 0 Å². The Morgan fingerprint density at radius 1 is 1.39 bits per heavy atom. The first-order valence-corrected chi connectivity index (χ1v) is 5.53. The molecule has 0 aliphatic carbocycles. The number of hydrogen-bond donors (Lipinski definition) is 0. The Hall–Kier alpha value is -1.78.